The maximum absolute atomic E-state index is 12.5. The average molecular weight is 283 g/mol. The summed E-state index contributed by atoms with van der Waals surface area (Å²) < 4.78 is 25.9. The second kappa shape index (κ2) is 3.58. The molecular weight excluding hydrogens is 274 g/mol. The number of hydrogen-bond donors (Lipinski definition) is 0. The standard InChI is InChI=1S/C15H9NO3S/c17-15-11-6-2-1-5-10(11)9-13-12-7-3-4-8-14(12)20(18,19)16(13)15/h1-9H. The first-order valence-electron chi connectivity index (χ1n) is 6.10. The van der Waals surface area contributed by atoms with Crippen molar-refractivity contribution in [1.82, 2.24) is 3.97 Å². The van der Waals surface area contributed by atoms with Crippen molar-refractivity contribution in [2.75, 3.05) is 0 Å². The van der Waals surface area contributed by atoms with Gasteiger partial charge in [0.1, 0.15) is 0 Å². The highest BCUT2D eigenvalue weighted by molar-refractivity contribution is 7.90. The summed E-state index contributed by atoms with van der Waals surface area (Å²) in [6.07, 6.45) is 0. The average Bonchev–Trinajstić information content (AvgIpc) is 2.69. The van der Waals surface area contributed by atoms with Crippen LogP contribution in [0.5, 0.6) is 0 Å². The van der Waals surface area contributed by atoms with Crippen molar-refractivity contribution in [2.24, 2.45) is 0 Å². The molecule has 4 nitrogen and oxygen atoms in total. The molecule has 2 aromatic carbocycles. The third-order valence-electron chi connectivity index (χ3n) is 3.57. The Morgan fingerprint density at radius 3 is 2.45 bits per heavy atom. The van der Waals surface area contributed by atoms with Crippen LogP contribution in [0.4, 0.5) is 0 Å². The molecule has 1 aromatic heterocycles. The van der Waals surface area contributed by atoms with Gasteiger partial charge >= 0.3 is 0 Å². The lowest BCUT2D eigenvalue weighted by Crippen LogP contribution is -2.24. The third-order valence-corrected chi connectivity index (χ3v) is 5.32. The molecule has 0 fully saturated rings. The van der Waals surface area contributed by atoms with Crippen LogP contribution in [0, 0.1) is 0 Å². The van der Waals surface area contributed by atoms with Crippen molar-refractivity contribution in [1.29, 1.82) is 0 Å². The van der Waals surface area contributed by atoms with Gasteiger partial charge in [0.15, 0.2) is 0 Å². The summed E-state index contributed by atoms with van der Waals surface area (Å²) in [5.41, 5.74) is 0.522. The zero-order valence-corrected chi connectivity index (χ0v) is 11.1. The van der Waals surface area contributed by atoms with E-state index in [0.29, 0.717) is 16.6 Å². The molecule has 0 saturated heterocycles. The Labute approximate surface area is 115 Å². The molecule has 0 atom stereocenters. The lowest BCUT2D eigenvalue weighted by atomic mass is 10.1. The van der Waals surface area contributed by atoms with Crippen molar-refractivity contribution in [3.05, 3.63) is 65.0 Å². The molecule has 2 heterocycles. The minimum absolute atomic E-state index is 0.187. The van der Waals surface area contributed by atoms with Crippen molar-refractivity contribution < 1.29 is 8.42 Å². The molecule has 98 valence electrons. The van der Waals surface area contributed by atoms with E-state index >= 15 is 0 Å². The topological polar surface area (TPSA) is 56.1 Å². The van der Waals surface area contributed by atoms with Gasteiger partial charge in [0.05, 0.1) is 10.6 Å². The molecule has 0 saturated carbocycles. The van der Waals surface area contributed by atoms with Crippen molar-refractivity contribution in [3.8, 4) is 11.3 Å². The predicted molar refractivity (Wildman–Crippen MR) is 76.2 cm³/mol. The van der Waals surface area contributed by atoms with Crippen molar-refractivity contribution in [3.63, 3.8) is 0 Å². The van der Waals surface area contributed by atoms with Crippen LogP contribution >= 0.6 is 0 Å². The van der Waals surface area contributed by atoms with Gasteiger partial charge in [-0.1, -0.05) is 36.4 Å². The van der Waals surface area contributed by atoms with Gasteiger partial charge in [-0.15, -0.1) is 0 Å². The Bertz CT molecular complexity index is 1030. The van der Waals surface area contributed by atoms with Gasteiger partial charge in [0, 0.05) is 10.9 Å². The fourth-order valence-corrected chi connectivity index (χ4v) is 4.29. The first kappa shape index (κ1) is 11.4. The van der Waals surface area contributed by atoms with Crippen LogP contribution in [0.1, 0.15) is 0 Å². The normalized spacial score (nSPS) is 15.0. The maximum Gasteiger partial charge on any atom is 0.272 e. The minimum Gasteiger partial charge on any atom is -0.268 e. The lowest BCUT2D eigenvalue weighted by Gasteiger charge is -2.05. The zero-order chi connectivity index (χ0) is 13.9. The molecule has 1 aliphatic rings. The Balaban J connectivity index is 2.30. The molecule has 5 heteroatoms. The van der Waals surface area contributed by atoms with Gasteiger partial charge in [-0.3, -0.25) is 4.79 Å². The Morgan fingerprint density at radius 1 is 0.900 bits per heavy atom. The van der Waals surface area contributed by atoms with Crippen LogP contribution in [-0.4, -0.2) is 12.4 Å². The van der Waals surface area contributed by atoms with Gasteiger partial charge in [-0.25, -0.2) is 8.42 Å². The monoisotopic (exact) mass is 283 g/mol. The van der Waals surface area contributed by atoms with Gasteiger partial charge in [-0.2, -0.15) is 3.97 Å². The summed E-state index contributed by atoms with van der Waals surface area (Å²) in [7, 11) is -3.78. The molecule has 0 aliphatic carbocycles. The predicted octanol–water partition coefficient (Wildman–Crippen LogP) is 2.22. The minimum atomic E-state index is -3.78. The number of hydrogen-bond acceptors (Lipinski definition) is 3. The molecule has 3 aromatic rings. The molecule has 0 spiro atoms. The van der Waals surface area contributed by atoms with Crippen LogP contribution in [0.3, 0.4) is 0 Å². The van der Waals surface area contributed by atoms with Crippen LogP contribution < -0.4 is 5.56 Å². The number of fused-ring (bicyclic) bond motifs is 4. The Hall–Kier alpha value is -2.40. The van der Waals surface area contributed by atoms with E-state index in [9.17, 15) is 13.2 Å². The summed E-state index contributed by atoms with van der Waals surface area (Å²) in [5, 5.41) is 1.16. The molecule has 0 radical (unpaired) electrons. The van der Waals surface area contributed by atoms with Crippen LogP contribution in [0.15, 0.2) is 64.3 Å². The van der Waals surface area contributed by atoms with Gasteiger partial charge in [0.2, 0.25) is 0 Å². The highest BCUT2D eigenvalue weighted by atomic mass is 32.2. The molecule has 0 N–H and O–H groups in total. The first-order chi connectivity index (χ1) is 9.60. The number of benzene rings is 2. The van der Waals surface area contributed by atoms with E-state index in [2.05, 4.69) is 0 Å². The number of nitrogens with zero attached hydrogens (tertiary/aromatic N) is 1. The summed E-state index contributed by atoms with van der Waals surface area (Å²) in [6, 6.07) is 15.4. The molecule has 4 rings (SSSR count). The highest BCUT2D eigenvalue weighted by Crippen LogP contribution is 2.36. The van der Waals surface area contributed by atoms with Gasteiger partial charge in [-0.05, 0) is 23.6 Å². The zero-order valence-electron chi connectivity index (χ0n) is 10.3. The van der Waals surface area contributed by atoms with Crippen molar-refractivity contribution in [2.45, 2.75) is 4.90 Å². The molecule has 0 bridgehead atoms. The second-order valence-electron chi connectivity index (χ2n) is 4.69. The third kappa shape index (κ3) is 1.25. The number of pyridine rings is 1. The molecular formula is C15H9NO3S. The van der Waals surface area contributed by atoms with E-state index in [4.69, 9.17) is 0 Å². The van der Waals surface area contributed by atoms with Crippen LogP contribution in [0.25, 0.3) is 22.0 Å². The summed E-state index contributed by atoms with van der Waals surface area (Å²) in [6.45, 7) is 0. The largest absolute Gasteiger partial charge is 0.272 e. The smallest absolute Gasteiger partial charge is 0.268 e. The summed E-state index contributed by atoms with van der Waals surface area (Å²) >= 11 is 0. The molecule has 0 amide bonds. The van der Waals surface area contributed by atoms with E-state index < -0.39 is 15.6 Å². The van der Waals surface area contributed by atoms with Crippen LogP contribution in [0.2, 0.25) is 0 Å². The second-order valence-corrected chi connectivity index (χ2v) is 6.44. The Kier molecular flexibility index (Phi) is 2.04. The quantitative estimate of drug-likeness (QED) is 0.497. The van der Waals surface area contributed by atoms with E-state index in [-0.39, 0.29) is 4.90 Å². The van der Waals surface area contributed by atoms with E-state index in [1.807, 2.05) is 12.1 Å². The lowest BCUT2D eigenvalue weighted by molar-refractivity contribution is 0.590. The number of rotatable bonds is 0. The summed E-state index contributed by atoms with van der Waals surface area (Å²) in [5.74, 6) is 0. The van der Waals surface area contributed by atoms with Gasteiger partial charge < -0.3 is 0 Å². The molecule has 0 unspecified atom stereocenters. The van der Waals surface area contributed by atoms with E-state index in [1.54, 1.807) is 36.4 Å². The first-order valence-corrected chi connectivity index (χ1v) is 7.54. The number of aromatic nitrogens is 1. The van der Waals surface area contributed by atoms with Crippen molar-refractivity contribution >= 4 is 20.8 Å². The molecule has 20 heavy (non-hydrogen) atoms. The van der Waals surface area contributed by atoms with E-state index in [1.165, 1.54) is 6.07 Å². The Morgan fingerprint density at radius 2 is 1.60 bits per heavy atom. The SMILES string of the molecule is O=c1c2ccccc2cc2n1S(=O)(=O)c1ccccc1-2. The maximum atomic E-state index is 12.5. The van der Waals surface area contributed by atoms with Crippen LogP contribution in [-0.2, 0) is 10.0 Å². The van der Waals surface area contributed by atoms with Gasteiger partial charge in [0.25, 0.3) is 15.6 Å². The fraction of sp³-hybridized carbons (Fsp3) is 0. The fourth-order valence-electron chi connectivity index (χ4n) is 2.67. The highest BCUT2D eigenvalue weighted by Gasteiger charge is 2.33. The van der Waals surface area contributed by atoms with E-state index in [0.717, 1.165) is 9.36 Å². The summed E-state index contributed by atoms with van der Waals surface area (Å²) in [4.78, 5) is 12.7. The molecule has 1 aliphatic heterocycles.